The van der Waals surface area contributed by atoms with Gasteiger partial charge in [-0.2, -0.15) is 0 Å². The molecule has 7 nitrogen and oxygen atoms in total. The summed E-state index contributed by atoms with van der Waals surface area (Å²) in [6.45, 7) is 11.0. The number of aliphatic carboxylic acids is 1. The largest absolute Gasteiger partial charge is 0.481 e. The molecule has 1 atom stereocenters. The van der Waals surface area contributed by atoms with Gasteiger partial charge in [0, 0.05) is 27.7 Å². The van der Waals surface area contributed by atoms with Gasteiger partial charge in [0.15, 0.2) is 0 Å². The second kappa shape index (κ2) is 12.1. The second-order valence-electron chi connectivity index (χ2n) is 12.6. The fourth-order valence-corrected chi connectivity index (χ4v) is 6.75. The van der Waals surface area contributed by atoms with E-state index in [0.29, 0.717) is 32.8 Å². The zero-order valence-corrected chi connectivity index (χ0v) is 25.9. The molecule has 1 aliphatic heterocycles. The van der Waals surface area contributed by atoms with Crippen LogP contribution in [0.5, 0.6) is 0 Å². The molecular weight excluding hydrogens is 561 g/mol. The summed E-state index contributed by atoms with van der Waals surface area (Å²) in [5.41, 5.74) is 1.81. The molecule has 9 heteroatoms. The van der Waals surface area contributed by atoms with Crippen LogP contribution in [0.2, 0.25) is 10.0 Å². The lowest BCUT2D eigenvalue weighted by molar-refractivity contribution is -0.137. The van der Waals surface area contributed by atoms with Crippen LogP contribution in [-0.2, 0) is 9.59 Å². The van der Waals surface area contributed by atoms with Gasteiger partial charge in [0.2, 0.25) is 0 Å². The molecule has 2 N–H and O–H groups in total. The number of carbonyl (C=O) groups excluding carboxylic acids is 2. The molecule has 1 heterocycles. The van der Waals surface area contributed by atoms with E-state index >= 15 is 0 Å². The molecule has 0 unspecified atom stereocenters. The van der Waals surface area contributed by atoms with Crippen LogP contribution in [0.4, 0.5) is 0 Å². The van der Waals surface area contributed by atoms with Crippen molar-refractivity contribution < 1.29 is 19.5 Å². The standard InChI is InChI=1S/C32H39Cl2N3O4/c1-19(2)28(20-6-8-21(9-7-20)29(40)35-15-12-26(38)39)37-30(41)27(22-16-24(33)18-25(34)17-22)36-32(37)13-10-23(11-14-32)31(3,4)5/h6-9,16-19,23,28H,10-15H2,1-5H3,(H,35,40)(H,38,39)/t23?,28-,32?/m1/s1. The van der Waals surface area contributed by atoms with Gasteiger partial charge in [0.25, 0.3) is 11.8 Å². The normalized spacial score (nSPS) is 21.8. The number of hydrogen-bond acceptors (Lipinski definition) is 4. The van der Waals surface area contributed by atoms with Crippen molar-refractivity contribution in [2.75, 3.05) is 6.54 Å². The van der Waals surface area contributed by atoms with Crippen LogP contribution in [0, 0.1) is 17.3 Å². The Hall–Kier alpha value is -2.90. The van der Waals surface area contributed by atoms with Crippen molar-refractivity contribution in [1.29, 1.82) is 0 Å². The summed E-state index contributed by atoms with van der Waals surface area (Å²) in [6.07, 6.45) is 3.29. The number of amides is 2. The fraction of sp³-hybridized carbons (Fsp3) is 0.500. The molecule has 2 aliphatic rings. The molecule has 0 saturated heterocycles. The third-order valence-electron chi connectivity index (χ3n) is 8.39. The van der Waals surface area contributed by atoms with E-state index in [1.54, 1.807) is 30.3 Å². The number of nitrogens with one attached hydrogen (secondary N) is 1. The predicted octanol–water partition coefficient (Wildman–Crippen LogP) is 7.16. The average Bonchev–Trinajstić information content (AvgIpc) is 3.14. The Labute approximate surface area is 252 Å². The quantitative estimate of drug-likeness (QED) is 0.336. The van der Waals surface area contributed by atoms with Crippen LogP contribution in [0.25, 0.3) is 0 Å². The zero-order valence-electron chi connectivity index (χ0n) is 24.3. The number of carbonyl (C=O) groups is 3. The first-order valence-corrected chi connectivity index (χ1v) is 15.0. The van der Waals surface area contributed by atoms with Gasteiger partial charge in [-0.3, -0.25) is 19.4 Å². The highest BCUT2D eigenvalue weighted by atomic mass is 35.5. The lowest BCUT2D eigenvalue weighted by atomic mass is 9.69. The maximum Gasteiger partial charge on any atom is 0.305 e. The number of carboxylic acid groups (broad SMARTS) is 1. The lowest BCUT2D eigenvalue weighted by Crippen LogP contribution is -2.52. The Bertz CT molecular complexity index is 1320. The van der Waals surface area contributed by atoms with Gasteiger partial charge in [-0.1, -0.05) is 70.0 Å². The Kier molecular flexibility index (Phi) is 9.19. The van der Waals surface area contributed by atoms with Gasteiger partial charge in [0.05, 0.1) is 12.5 Å². The molecule has 1 fully saturated rings. The summed E-state index contributed by atoms with van der Waals surface area (Å²) in [5.74, 6) is -0.864. The van der Waals surface area contributed by atoms with Crippen LogP contribution in [0.15, 0.2) is 47.5 Å². The van der Waals surface area contributed by atoms with Crippen molar-refractivity contribution in [3.63, 3.8) is 0 Å². The van der Waals surface area contributed by atoms with Gasteiger partial charge < -0.3 is 15.3 Å². The molecule has 4 rings (SSSR count). The number of carboxylic acids is 1. The summed E-state index contributed by atoms with van der Waals surface area (Å²) in [5, 5.41) is 12.4. The van der Waals surface area contributed by atoms with E-state index in [4.69, 9.17) is 33.3 Å². The summed E-state index contributed by atoms with van der Waals surface area (Å²) >= 11 is 12.7. The van der Waals surface area contributed by atoms with E-state index in [-0.39, 0.29) is 42.2 Å². The van der Waals surface area contributed by atoms with Crippen molar-refractivity contribution >= 4 is 46.7 Å². The minimum Gasteiger partial charge on any atom is -0.481 e. The van der Waals surface area contributed by atoms with E-state index in [0.717, 1.165) is 31.2 Å². The Morgan fingerprint density at radius 1 is 1.07 bits per heavy atom. The van der Waals surface area contributed by atoms with Gasteiger partial charge in [-0.05, 0) is 78.8 Å². The molecule has 220 valence electrons. The van der Waals surface area contributed by atoms with E-state index < -0.39 is 11.6 Å². The van der Waals surface area contributed by atoms with E-state index in [1.165, 1.54) is 0 Å². The smallest absolute Gasteiger partial charge is 0.305 e. The fourth-order valence-electron chi connectivity index (χ4n) is 6.22. The molecule has 41 heavy (non-hydrogen) atoms. The van der Waals surface area contributed by atoms with Crippen LogP contribution in [-0.4, -0.2) is 45.7 Å². The molecule has 0 bridgehead atoms. The molecule has 0 aromatic heterocycles. The molecule has 2 aromatic carbocycles. The minimum absolute atomic E-state index is 0.0541. The highest BCUT2D eigenvalue weighted by molar-refractivity contribution is 6.47. The third-order valence-corrected chi connectivity index (χ3v) is 8.82. The highest BCUT2D eigenvalue weighted by Gasteiger charge is 2.53. The Morgan fingerprint density at radius 3 is 2.17 bits per heavy atom. The number of hydrogen-bond donors (Lipinski definition) is 2. The van der Waals surface area contributed by atoms with Crippen molar-refractivity contribution in [2.24, 2.45) is 22.2 Å². The van der Waals surface area contributed by atoms with Crippen LogP contribution < -0.4 is 5.32 Å². The summed E-state index contributed by atoms with van der Waals surface area (Å²) in [7, 11) is 0. The number of benzene rings is 2. The van der Waals surface area contributed by atoms with Crippen LogP contribution >= 0.6 is 23.2 Å². The SMILES string of the molecule is CC(C)[C@H](c1ccc(C(=O)NCCC(=O)O)cc1)N1C(=O)C(c2cc(Cl)cc(Cl)c2)=NC12CCC(C(C)(C)C)CC2. The van der Waals surface area contributed by atoms with E-state index in [1.807, 2.05) is 17.0 Å². The molecule has 1 spiro atoms. The number of halogens is 2. The number of aliphatic imine (C=N–C) groups is 1. The summed E-state index contributed by atoms with van der Waals surface area (Å²) in [4.78, 5) is 44.9. The number of rotatable bonds is 8. The maximum absolute atomic E-state index is 14.3. The van der Waals surface area contributed by atoms with Crippen molar-refractivity contribution in [2.45, 2.75) is 78.4 Å². The van der Waals surface area contributed by atoms with Crippen molar-refractivity contribution in [3.05, 3.63) is 69.2 Å². The summed E-state index contributed by atoms with van der Waals surface area (Å²) < 4.78 is 0. The first kappa shape index (κ1) is 31.0. The van der Waals surface area contributed by atoms with Crippen LogP contribution in [0.1, 0.15) is 94.2 Å². The van der Waals surface area contributed by atoms with Crippen LogP contribution in [0.3, 0.4) is 0 Å². The van der Waals surface area contributed by atoms with Gasteiger partial charge >= 0.3 is 5.97 Å². The molecule has 1 saturated carbocycles. The first-order valence-electron chi connectivity index (χ1n) is 14.2. The Morgan fingerprint density at radius 2 is 1.66 bits per heavy atom. The second-order valence-corrected chi connectivity index (χ2v) is 13.5. The summed E-state index contributed by atoms with van der Waals surface area (Å²) in [6, 6.07) is 12.1. The van der Waals surface area contributed by atoms with E-state index in [2.05, 4.69) is 39.9 Å². The van der Waals surface area contributed by atoms with Crippen molar-refractivity contribution in [3.8, 4) is 0 Å². The van der Waals surface area contributed by atoms with Crippen molar-refractivity contribution in [1.82, 2.24) is 10.2 Å². The van der Waals surface area contributed by atoms with E-state index in [9.17, 15) is 14.4 Å². The Balaban J connectivity index is 1.70. The first-order chi connectivity index (χ1) is 19.2. The molecule has 1 aliphatic carbocycles. The lowest BCUT2D eigenvalue weighted by Gasteiger charge is -2.48. The van der Waals surface area contributed by atoms with Gasteiger partial charge in [0.1, 0.15) is 11.4 Å². The zero-order chi connectivity index (χ0) is 30.1. The average molecular weight is 601 g/mol. The molecule has 2 aromatic rings. The minimum atomic E-state index is -0.970. The van der Waals surface area contributed by atoms with Gasteiger partial charge in [-0.25, -0.2) is 0 Å². The molecule has 2 amide bonds. The topological polar surface area (TPSA) is 99.1 Å². The molecular formula is C32H39Cl2N3O4. The van der Waals surface area contributed by atoms with Gasteiger partial charge in [-0.15, -0.1) is 0 Å². The predicted molar refractivity (Wildman–Crippen MR) is 163 cm³/mol. The third kappa shape index (κ3) is 6.78. The monoisotopic (exact) mass is 599 g/mol. The number of nitrogens with zero attached hydrogens (tertiary/aromatic N) is 2. The highest BCUT2D eigenvalue weighted by Crippen LogP contribution is 2.50. The molecule has 0 radical (unpaired) electrons. The maximum atomic E-state index is 14.3.